The highest BCUT2D eigenvalue weighted by atomic mass is 32.2. The lowest BCUT2D eigenvalue weighted by atomic mass is 9.68. The lowest BCUT2D eigenvalue weighted by Gasteiger charge is -2.50. The van der Waals surface area contributed by atoms with E-state index in [9.17, 15) is 13.5 Å². The monoisotopic (exact) mass is 475 g/mol. The molecule has 7 nitrogen and oxygen atoms in total. The van der Waals surface area contributed by atoms with Crippen LogP contribution in [0.5, 0.6) is 5.75 Å². The van der Waals surface area contributed by atoms with Gasteiger partial charge in [-0.05, 0) is 62.4 Å². The van der Waals surface area contributed by atoms with Crippen molar-refractivity contribution < 1.29 is 18.3 Å². The average Bonchev–Trinajstić information content (AvgIpc) is 3.41. The van der Waals surface area contributed by atoms with E-state index in [0.29, 0.717) is 6.54 Å². The maximum absolute atomic E-state index is 12.9. The van der Waals surface area contributed by atoms with Gasteiger partial charge in [0.25, 0.3) is 0 Å². The van der Waals surface area contributed by atoms with Crippen molar-refractivity contribution in [3.05, 3.63) is 29.5 Å². The summed E-state index contributed by atoms with van der Waals surface area (Å²) in [5.74, 6) is 1.60. The number of hydrogen-bond donors (Lipinski definition) is 1. The summed E-state index contributed by atoms with van der Waals surface area (Å²) >= 11 is 0. The Morgan fingerprint density at radius 3 is 2.48 bits per heavy atom. The molecule has 3 aliphatic rings. The number of piperidine rings is 1. The molecular formula is C25H37N3O4S. The first-order valence-electron chi connectivity index (χ1n) is 12.2. The fourth-order valence-electron chi connectivity index (χ4n) is 6.79. The normalized spacial score (nSPS) is 24.5. The molecule has 1 aromatic carbocycles. The van der Waals surface area contributed by atoms with Gasteiger partial charge in [-0.1, -0.05) is 12.8 Å². The molecule has 1 saturated carbocycles. The molecule has 2 aromatic rings. The van der Waals surface area contributed by atoms with Crippen molar-refractivity contribution in [1.29, 1.82) is 0 Å². The number of sulfonamides is 1. The maximum Gasteiger partial charge on any atom is 0.211 e. The fraction of sp³-hybridized carbons (Fsp3) is 0.680. The fourth-order valence-corrected chi connectivity index (χ4v) is 7.90. The summed E-state index contributed by atoms with van der Waals surface area (Å²) in [6.07, 6.45) is 8.54. The van der Waals surface area contributed by atoms with Gasteiger partial charge >= 0.3 is 0 Å². The van der Waals surface area contributed by atoms with Crippen molar-refractivity contribution in [2.45, 2.75) is 50.0 Å². The summed E-state index contributed by atoms with van der Waals surface area (Å²) in [4.78, 5) is 2.60. The predicted octanol–water partition coefficient (Wildman–Crippen LogP) is 3.02. The highest BCUT2D eigenvalue weighted by molar-refractivity contribution is 7.88. The van der Waals surface area contributed by atoms with Crippen LogP contribution in [0, 0.1) is 5.92 Å². The zero-order chi connectivity index (χ0) is 23.4. The second-order valence-electron chi connectivity index (χ2n) is 10.4. The Kier molecular flexibility index (Phi) is 6.00. The quantitative estimate of drug-likeness (QED) is 0.720. The van der Waals surface area contributed by atoms with E-state index in [1.807, 2.05) is 19.2 Å². The number of aromatic nitrogens is 1. The van der Waals surface area contributed by atoms with Gasteiger partial charge in [-0.3, -0.25) is 0 Å². The van der Waals surface area contributed by atoms with E-state index >= 15 is 0 Å². The van der Waals surface area contributed by atoms with Crippen molar-refractivity contribution in [2.75, 3.05) is 46.2 Å². The Bertz CT molecular complexity index is 1130. The number of benzene rings is 1. The third-order valence-corrected chi connectivity index (χ3v) is 9.74. The van der Waals surface area contributed by atoms with Crippen LogP contribution in [-0.4, -0.2) is 73.4 Å². The predicted molar refractivity (Wildman–Crippen MR) is 130 cm³/mol. The van der Waals surface area contributed by atoms with Crippen molar-refractivity contribution in [3.63, 3.8) is 0 Å². The first kappa shape index (κ1) is 23.1. The van der Waals surface area contributed by atoms with Crippen LogP contribution in [-0.2, 0) is 22.5 Å². The van der Waals surface area contributed by atoms with Crippen LogP contribution >= 0.6 is 0 Å². The number of hydrogen-bond acceptors (Lipinski definition) is 5. The van der Waals surface area contributed by atoms with Crippen molar-refractivity contribution >= 4 is 20.9 Å². The van der Waals surface area contributed by atoms with Crippen LogP contribution in [0.15, 0.2) is 18.2 Å². The van der Waals surface area contributed by atoms with E-state index in [1.165, 1.54) is 44.0 Å². The molecule has 0 unspecified atom stereocenters. The van der Waals surface area contributed by atoms with Crippen LogP contribution < -0.4 is 4.74 Å². The number of nitrogens with zero attached hydrogens (tertiary/aromatic N) is 3. The van der Waals surface area contributed by atoms with Gasteiger partial charge in [0.05, 0.1) is 31.5 Å². The second kappa shape index (κ2) is 8.56. The minimum Gasteiger partial charge on any atom is -0.497 e. The number of rotatable bonds is 5. The standard InChI is InChI=1S/C25H37N3O4S/c1-26-21-14-19(32-2)8-9-20(21)23-24(26)22(16-29)28(33(3,30)31)17-25(23)10-12-27(13-11-25)15-18-6-4-5-7-18/h8-9,14,18,22,29H,4-7,10-13,15-17H2,1-3H3/t22-/m0/s1. The zero-order valence-electron chi connectivity index (χ0n) is 20.1. The molecule has 0 radical (unpaired) electrons. The topological polar surface area (TPSA) is 75.0 Å². The second-order valence-corrected chi connectivity index (χ2v) is 12.4. The van der Waals surface area contributed by atoms with Gasteiger partial charge < -0.3 is 19.3 Å². The van der Waals surface area contributed by atoms with Gasteiger partial charge in [-0.2, -0.15) is 4.31 Å². The molecule has 1 aliphatic carbocycles. The zero-order valence-corrected chi connectivity index (χ0v) is 20.9. The largest absolute Gasteiger partial charge is 0.497 e. The molecule has 182 valence electrons. The number of aliphatic hydroxyl groups excluding tert-OH is 1. The smallest absolute Gasteiger partial charge is 0.211 e. The molecule has 1 atom stereocenters. The maximum atomic E-state index is 12.9. The SMILES string of the molecule is COc1ccc2c3c(n(C)c2c1)[C@H](CO)N(S(C)(=O)=O)CC31CCN(CC2CCCC2)CC1. The number of methoxy groups -OCH3 is 1. The highest BCUT2D eigenvalue weighted by Gasteiger charge is 2.50. The summed E-state index contributed by atoms with van der Waals surface area (Å²) in [6, 6.07) is 5.56. The van der Waals surface area contributed by atoms with Crippen LogP contribution in [0.1, 0.15) is 55.8 Å². The lowest BCUT2D eigenvalue weighted by Crippen LogP contribution is -2.55. The Morgan fingerprint density at radius 1 is 1.18 bits per heavy atom. The van der Waals surface area contributed by atoms with Crippen molar-refractivity contribution in [2.24, 2.45) is 13.0 Å². The average molecular weight is 476 g/mol. The number of likely N-dealkylation sites (tertiary alicyclic amines) is 1. The molecular weight excluding hydrogens is 438 g/mol. The van der Waals surface area contributed by atoms with Crippen LogP contribution in [0.25, 0.3) is 10.9 Å². The Balaban J connectivity index is 1.59. The van der Waals surface area contributed by atoms with E-state index in [2.05, 4.69) is 15.5 Å². The van der Waals surface area contributed by atoms with E-state index in [4.69, 9.17) is 4.74 Å². The molecule has 0 amide bonds. The van der Waals surface area contributed by atoms with Crippen molar-refractivity contribution in [3.8, 4) is 5.75 Å². The van der Waals surface area contributed by atoms with Gasteiger partial charge in [-0.25, -0.2) is 8.42 Å². The van der Waals surface area contributed by atoms with E-state index in [0.717, 1.165) is 54.2 Å². The summed E-state index contributed by atoms with van der Waals surface area (Å²) < 4.78 is 34.9. The third-order valence-electron chi connectivity index (χ3n) is 8.51. The molecule has 1 spiro atoms. The molecule has 1 N–H and O–H groups in total. The number of aliphatic hydroxyl groups is 1. The third kappa shape index (κ3) is 3.89. The van der Waals surface area contributed by atoms with Gasteiger partial charge in [0.2, 0.25) is 10.0 Å². The minimum absolute atomic E-state index is 0.231. The highest BCUT2D eigenvalue weighted by Crippen LogP contribution is 2.50. The molecule has 2 fully saturated rings. The molecule has 0 bridgehead atoms. The van der Waals surface area contributed by atoms with Crippen LogP contribution in [0.3, 0.4) is 0 Å². The van der Waals surface area contributed by atoms with Gasteiger partial charge in [0.15, 0.2) is 0 Å². The van der Waals surface area contributed by atoms with Crippen LogP contribution in [0.2, 0.25) is 0 Å². The Labute approximate surface area is 197 Å². The van der Waals surface area contributed by atoms with Crippen molar-refractivity contribution in [1.82, 2.24) is 13.8 Å². The molecule has 1 aromatic heterocycles. The lowest BCUT2D eigenvalue weighted by molar-refractivity contribution is 0.0882. The van der Waals surface area contributed by atoms with E-state index in [1.54, 1.807) is 11.4 Å². The van der Waals surface area contributed by atoms with E-state index < -0.39 is 16.1 Å². The first-order valence-corrected chi connectivity index (χ1v) is 14.1. The van der Waals surface area contributed by atoms with Gasteiger partial charge in [0.1, 0.15) is 5.75 Å². The molecule has 8 heteroatoms. The minimum atomic E-state index is -3.48. The Hall–Kier alpha value is -1.61. The molecule has 33 heavy (non-hydrogen) atoms. The number of aryl methyl sites for hydroxylation is 1. The molecule has 1 saturated heterocycles. The van der Waals surface area contributed by atoms with Crippen LogP contribution in [0.4, 0.5) is 0 Å². The summed E-state index contributed by atoms with van der Waals surface area (Å²) in [5.41, 5.74) is 2.95. The van der Waals surface area contributed by atoms with Gasteiger partial charge in [-0.15, -0.1) is 0 Å². The first-order chi connectivity index (χ1) is 15.8. The Morgan fingerprint density at radius 2 is 1.88 bits per heavy atom. The summed E-state index contributed by atoms with van der Waals surface area (Å²) in [6.45, 7) is 3.36. The molecule has 3 heterocycles. The number of ether oxygens (including phenoxy) is 1. The van der Waals surface area contributed by atoms with E-state index in [-0.39, 0.29) is 12.0 Å². The molecule has 2 aliphatic heterocycles. The summed E-state index contributed by atoms with van der Waals surface area (Å²) in [7, 11) is 0.162. The number of fused-ring (bicyclic) bond motifs is 4. The van der Waals surface area contributed by atoms with Gasteiger partial charge in [0, 0.05) is 42.7 Å². The molecule has 5 rings (SSSR count). The summed E-state index contributed by atoms with van der Waals surface area (Å²) in [5, 5.41) is 11.5.